The third-order valence-corrected chi connectivity index (χ3v) is 6.56. The van der Waals surface area contributed by atoms with Crippen LogP contribution in [-0.4, -0.2) is 34.7 Å². The van der Waals surface area contributed by atoms with Crippen molar-refractivity contribution in [2.45, 2.75) is 50.6 Å². The van der Waals surface area contributed by atoms with Crippen LogP contribution < -0.4 is 4.90 Å². The number of carbonyl (C=O) groups is 3. The Kier molecular flexibility index (Phi) is 6.17. The molecule has 0 bridgehead atoms. The highest BCUT2D eigenvalue weighted by Gasteiger charge is 2.46. The maximum Gasteiger partial charge on any atom is 0.257 e. The van der Waals surface area contributed by atoms with Gasteiger partial charge in [-0.2, -0.15) is 0 Å². The lowest BCUT2D eigenvalue weighted by Crippen LogP contribution is -2.51. The van der Waals surface area contributed by atoms with Gasteiger partial charge in [0.05, 0.1) is 12.1 Å². The summed E-state index contributed by atoms with van der Waals surface area (Å²) in [6, 6.07) is 11.6. The summed E-state index contributed by atoms with van der Waals surface area (Å²) >= 11 is 2.16. The van der Waals surface area contributed by atoms with E-state index in [2.05, 4.69) is 22.6 Å². The number of carbonyl (C=O) groups excluding carboxylic acids is 3. The van der Waals surface area contributed by atoms with Gasteiger partial charge in [0.15, 0.2) is 0 Å². The van der Waals surface area contributed by atoms with Crippen LogP contribution in [0.2, 0.25) is 0 Å². The Morgan fingerprint density at radius 3 is 2.23 bits per heavy atom. The summed E-state index contributed by atoms with van der Waals surface area (Å²) in [5.74, 6) is -1.42. The highest BCUT2D eigenvalue weighted by atomic mass is 127. The molecule has 1 saturated carbocycles. The Morgan fingerprint density at radius 2 is 1.60 bits per heavy atom. The Balaban J connectivity index is 1.67. The van der Waals surface area contributed by atoms with Gasteiger partial charge in [0.1, 0.15) is 11.9 Å². The van der Waals surface area contributed by atoms with Crippen molar-refractivity contribution in [1.82, 2.24) is 4.90 Å². The fourth-order valence-corrected chi connectivity index (χ4v) is 4.72. The van der Waals surface area contributed by atoms with Crippen molar-refractivity contribution in [2.24, 2.45) is 0 Å². The number of nitrogens with zero attached hydrogens (tertiary/aromatic N) is 2. The monoisotopic (exact) mass is 520 g/mol. The van der Waals surface area contributed by atoms with Crippen molar-refractivity contribution >= 4 is 46.0 Å². The third-order valence-electron chi connectivity index (χ3n) is 5.84. The number of benzene rings is 2. The first-order valence-electron chi connectivity index (χ1n) is 10.2. The molecule has 1 heterocycles. The molecule has 3 amide bonds. The summed E-state index contributed by atoms with van der Waals surface area (Å²) < 4.78 is 14.4. The molecule has 2 aromatic rings. The van der Waals surface area contributed by atoms with Gasteiger partial charge in [-0.05, 0) is 84.0 Å². The summed E-state index contributed by atoms with van der Waals surface area (Å²) in [5, 5.41) is 0. The molecule has 0 aromatic heterocycles. The average Bonchev–Trinajstić information content (AvgIpc) is 3.04. The number of hydrogen-bond acceptors (Lipinski definition) is 3. The van der Waals surface area contributed by atoms with Crippen LogP contribution in [0, 0.1) is 9.39 Å². The maximum absolute atomic E-state index is 13.4. The quantitative estimate of drug-likeness (QED) is 0.440. The van der Waals surface area contributed by atoms with Crippen molar-refractivity contribution < 1.29 is 18.8 Å². The largest absolute Gasteiger partial charge is 0.323 e. The van der Waals surface area contributed by atoms with Crippen molar-refractivity contribution in [3.63, 3.8) is 0 Å². The van der Waals surface area contributed by atoms with E-state index < -0.39 is 11.9 Å². The minimum Gasteiger partial charge on any atom is -0.323 e. The first-order valence-corrected chi connectivity index (χ1v) is 11.2. The van der Waals surface area contributed by atoms with Crippen molar-refractivity contribution in [2.75, 3.05) is 4.90 Å². The van der Waals surface area contributed by atoms with E-state index in [1.807, 2.05) is 12.1 Å². The van der Waals surface area contributed by atoms with Crippen LogP contribution in [0.4, 0.5) is 10.1 Å². The molecule has 4 rings (SSSR count). The lowest BCUT2D eigenvalue weighted by atomic mass is 9.92. The average molecular weight is 520 g/mol. The van der Waals surface area contributed by atoms with Crippen LogP contribution in [0.15, 0.2) is 48.5 Å². The minimum atomic E-state index is -0.836. The molecular formula is C23H22FIN2O3. The van der Waals surface area contributed by atoms with E-state index in [0.29, 0.717) is 11.3 Å². The number of hydrogen-bond donors (Lipinski definition) is 0. The molecular weight excluding hydrogens is 498 g/mol. The van der Waals surface area contributed by atoms with E-state index in [0.717, 1.165) is 35.7 Å². The molecule has 1 aliphatic heterocycles. The summed E-state index contributed by atoms with van der Waals surface area (Å²) in [7, 11) is 0. The van der Waals surface area contributed by atoms with Gasteiger partial charge in [-0.25, -0.2) is 9.29 Å². The van der Waals surface area contributed by atoms with Gasteiger partial charge in [0.2, 0.25) is 5.91 Å². The Hall–Kier alpha value is -2.29. The van der Waals surface area contributed by atoms with E-state index in [-0.39, 0.29) is 30.2 Å². The molecule has 0 radical (unpaired) electrons. The molecule has 2 aliphatic rings. The third kappa shape index (κ3) is 4.12. The van der Waals surface area contributed by atoms with E-state index in [4.69, 9.17) is 0 Å². The number of imide groups is 1. The molecule has 5 nitrogen and oxygen atoms in total. The molecule has 7 heteroatoms. The highest BCUT2D eigenvalue weighted by molar-refractivity contribution is 14.1. The molecule has 1 saturated heterocycles. The highest BCUT2D eigenvalue weighted by Crippen LogP contribution is 2.32. The van der Waals surface area contributed by atoms with Gasteiger partial charge >= 0.3 is 0 Å². The number of amides is 3. The summed E-state index contributed by atoms with van der Waals surface area (Å²) in [6.07, 6.45) is 4.62. The predicted molar refractivity (Wildman–Crippen MR) is 119 cm³/mol. The summed E-state index contributed by atoms with van der Waals surface area (Å²) in [5.41, 5.74) is 0.848. The van der Waals surface area contributed by atoms with Crippen LogP contribution in [0.1, 0.15) is 48.9 Å². The SMILES string of the molecule is O=C1CC(N(C(=O)c2ccc(F)cc2)C2CCCCC2)C(=O)N1c1ccc(I)cc1. The lowest BCUT2D eigenvalue weighted by molar-refractivity contribution is -0.123. The van der Waals surface area contributed by atoms with Crippen LogP contribution in [-0.2, 0) is 9.59 Å². The molecule has 156 valence electrons. The van der Waals surface area contributed by atoms with E-state index in [9.17, 15) is 18.8 Å². The molecule has 2 aromatic carbocycles. The van der Waals surface area contributed by atoms with E-state index >= 15 is 0 Å². The summed E-state index contributed by atoms with van der Waals surface area (Å²) in [4.78, 5) is 42.3. The van der Waals surface area contributed by atoms with Crippen LogP contribution in [0.3, 0.4) is 0 Å². The van der Waals surface area contributed by atoms with Gasteiger partial charge in [-0.15, -0.1) is 0 Å². The second-order valence-electron chi connectivity index (χ2n) is 7.77. The smallest absolute Gasteiger partial charge is 0.257 e. The number of anilines is 1. The van der Waals surface area contributed by atoms with Gasteiger partial charge in [0.25, 0.3) is 11.8 Å². The Labute approximate surface area is 188 Å². The zero-order chi connectivity index (χ0) is 21.3. The zero-order valence-electron chi connectivity index (χ0n) is 16.4. The first kappa shape index (κ1) is 21.0. The second kappa shape index (κ2) is 8.83. The second-order valence-corrected chi connectivity index (χ2v) is 9.02. The zero-order valence-corrected chi connectivity index (χ0v) is 18.5. The molecule has 2 fully saturated rings. The van der Waals surface area contributed by atoms with Crippen LogP contribution >= 0.6 is 22.6 Å². The van der Waals surface area contributed by atoms with Crippen molar-refractivity contribution in [3.8, 4) is 0 Å². The normalized spacial score (nSPS) is 19.9. The molecule has 0 N–H and O–H groups in total. The number of halogens is 2. The minimum absolute atomic E-state index is 0.0335. The maximum atomic E-state index is 13.4. The topological polar surface area (TPSA) is 57.7 Å². The molecule has 1 aliphatic carbocycles. The van der Waals surface area contributed by atoms with Gasteiger partial charge in [0, 0.05) is 15.2 Å². The predicted octanol–water partition coefficient (Wildman–Crippen LogP) is 4.54. The molecule has 0 spiro atoms. The Morgan fingerprint density at radius 1 is 0.967 bits per heavy atom. The standard InChI is InChI=1S/C23H22FIN2O3/c24-16-8-6-15(7-9-16)22(29)26(18-4-2-1-3-5-18)20-14-21(28)27(23(20)30)19-12-10-17(25)11-13-19/h6-13,18,20H,1-5,14H2. The first-order chi connectivity index (χ1) is 14.5. The van der Waals surface area contributed by atoms with Gasteiger partial charge < -0.3 is 4.90 Å². The molecule has 1 unspecified atom stereocenters. The van der Waals surface area contributed by atoms with Gasteiger partial charge in [-0.3, -0.25) is 14.4 Å². The van der Waals surface area contributed by atoms with E-state index in [1.165, 1.54) is 29.2 Å². The van der Waals surface area contributed by atoms with E-state index in [1.54, 1.807) is 17.0 Å². The summed E-state index contributed by atoms with van der Waals surface area (Å²) in [6.45, 7) is 0. The van der Waals surface area contributed by atoms with Crippen LogP contribution in [0.25, 0.3) is 0 Å². The fourth-order valence-electron chi connectivity index (χ4n) is 4.36. The van der Waals surface area contributed by atoms with Crippen molar-refractivity contribution in [3.05, 3.63) is 63.5 Å². The molecule has 30 heavy (non-hydrogen) atoms. The Bertz CT molecular complexity index is 955. The van der Waals surface area contributed by atoms with Crippen LogP contribution in [0.5, 0.6) is 0 Å². The lowest BCUT2D eigenvalue weighted by Gasteiger charge is -2.37. The number of rotatable bonds is 4. The molecule has 1 atom stereocenters. The van der Waals surface area contributed by atoms with Gasteiger partial charge in [-0.1, -0.05) is 19.3 Å². The fraction of sp³-hybridized carbons (Fsp3) is 0.348. The van der Waals surface area contributed by atoms with Crippen molar-refractivity contribution in [1.29, 1.82) is 0 Å².